The molecule has 0 spiro atoms. The van der Waals surface area contributed by atoms with Crippen LogP contribution < -0.4 is 10.1 Å². The van der Waals surface area contributed by atoms with E-state index in [1.54, 1.807) is 12.4 Å². The van der Waals surface area contributed by atoms with Crippen LogP contribution >= 0.6 is 0 Å². The Morgan fingerprint density at radius 1 is 1.15 bits per heavy atom. The maximum Gasteiger partial charge on any atom is 0.138 e. The Morgan fingerprint density at radius 2 is 2.00 bits per heavy atom. The van der Waals surface area contributed by atoms with Gasteiger partial charge in [0.2, 0.25) is 0 Å². The van der Waals surface area contributed by atoms with Crippen LogP contribution in [0.25, 0.3) is 11.3 Å². The molecule has 0 unspecified atom stereocenters. The smallest absolute Gasteiger partial charge is 0.138 e. The molecule has 0 aliphatic carbocycles. The molecule has 0 atom stereocenters. The summed E-state index contributed by atoms with van der Waals surface area (Å²) in [5.41, 5.74) is 1.78. The third-order valence-electron chi connectivity index (χ3n) is 2.68. The molecule has 1 N–H and O–H groups in total. The van der Waals surface area contributed by atoms with Crippen LogP contribution in [0.15, 0.2) is 24.5 Å². The normalized spacial score (nSPS) is 10.3. The Labute approximate surface area is 119 Å². The number of ether oxygens (including phenoxy) is 1. The molecular weight excluding hydrogens is 252 g/mol. The number of aromatic nitrogens is 3. The molecule has 106 valence electrons. The summed E-state index contributed by atoms with van der Waals surface area (Å²) in [4.78, 5) is 13.0. The highest BCUT2D eigenvalue weighted by molar-refractivity contribution is 5.63. The Hall–Kier alpha value is -2.17. The first-order chi connectivity index (χ1) is 9.72. The van der Waals surface area contributed by atoms with Crippen molar-refractivity contribution in [2.45, 2.75) is 27.2 Å². The zero-order chi connectivity index (χ0) is 14.4. The van der Waals surface area contributed by atoms with Gasteiger partial charge in [0.15, 0.2) is 0 Å². The van der Waals surface area contributed by atoms with Gasteiger partial charge in [-0.15, -0.1) is 0 Å². The van der Waals surface area contributed by atoms with E-state index in [1.165, 1.54) is 0 Å². The molecule has 2 heterocycles. The van der Waals surface area contributed by atoms with Gasteiger partial charge in [0.25, 0.3) is 0 Å². The number of hydrogen-bond acceptors (Lipinski definition) is 5. The molecule has 0 aliphatic heterocycles. The zero-order valence-corrected chi connectivity index (χ0v) is 12.2. The molecule has 2 aromatic heterocycles. The second-order valence-corrected chi connectivity index (χ2v) is 4.47. The largest absolute Gasteiger partial charge is 0.492 e. The molecule has 0 saturated heterocycles. The second kappa shape index (κ2) is 6.84. The summed E-state index contributed by atoms with van der Waals surface area (Å²) in [6, 6.07) is 3.89. The molecule has 0 aromatic carbocycles. The van der Waals surface area contributed by atoms with Gasteiger partial charge < -0.3 is 10.1 Å². The van der Waals surface area contributed by atoms with Crippen molar-refractivity contribution >= 4 is 5.82 Å². The van der Waals surface area contributed by atoms with Crippen molar-refractivity contribution in [2.24, 2.45) is 0 Å². The van der Waals surface area contributed by atoms with Crippen molar-refractivity contribution in [3.63, 3.8) is 0 Å². The van der Waals surface area contributed by atoms with Crippen LogP contribution in [0, 0.1) is 6.92 Å². The van der Waals surface area contributed by atoms with E-state index in [0.29, 0.717) is 6.61 Å². The monoisotopic (exact) mass is 272 g/mol. The summed E-state index contributed by atoms with van der Waals surface area (Å²) >= 11 is 0. The van der Waals surface area contributed by atoms with Crippen LogP contribution in [0.2, 0.25) is 0 Å². The number of pyridine rings is 1. The van der Waals surface area contributed by atoms with Crippen molar-refractivity contribution in [1.82, 2.24) is 15.0 Å². The highest BCUT2D eigenvalue weighted by Gasteiger charge is 2.06. The van der Waals surface area contributed by atoms with E-state index in [-0.39, 0.29) is 0 Å². The number of nitrogens with one attached hydrogen (secondary N) is 1. The van der Waals surface area contributed by atoms with Crippen molar-refractivity contribution < 1.29 is 4.74 Å². The highest BCUT2D eigenvalue weighted by atomic mass is 16.5. The lowest BCUT2D eigenvalue weighted by molar-refractivity contribution is 0.316. The third-order valence-corrected chi connectivity index (χ3v) is 2.68. The summed E-state index contributed by atoms with van der Waals surface area (Å²) < 4.78 is 5.60. The minimum absolute atomic E-state index is 0.691. The Bertz CT molecular complexity index is 572. The van der Waals surface area contributed by atoms with Crippen LogP contribution in [0.4, 0.5) is 5.82 Å². The topological polar surface area (TPSA) is 59.9 Å². The van der Waals surface area contributed by atoms with Gasteiger partial charge in [0, 0.05) is 24.4 Å². The molecule has 20 heavy (non-hydrogen) atoms. The van der Waals surface area contributed by atoms with Crippen LogP contribution in [-0.2, 0) is 0 Å². The number of rotatable bonds is 6. The minimum atomic E-state index is 0.691. The fraction of sp³-hybridized carbons (Fsp3) is 0.400. The van der Waals surface area contributed by atoms with Gasteiger partial charge in [-0.1, -0.05) is 6.92 Å². The molecule has 0 amide bonds. The molecule has 0 saturated carbocycles. The van der Waals surface area contributed by atoms with E-state index in [9.17, 15) is 0 Å². The van der Waals surface area contributed by atoms with Gasteiger partial charge in [-0.05, 0) is 26.3 Å². The lowest BCUT2D eigenvalue weighted by Crippen LogP contribution is -2.02. The Morgan fingerprint density at radius 3 is 2.75 bits per heavy atom. The lowest BCUT2D eigenvalue weighted by atomic mass is 10.2. The first-order valence-corrected chi connectivity index (χ1v) is 6.90. The maximum absolute atomic E-state index is 5.60. The van der Waals surface area contributed by atoms with E-state index in [4.69, 9.17) is 4.74 Å². The number of nitrogens with zero attached hydrogens (tertiary/aromatic N) is 3. The minimum Gasteiger partial charge on any atom is -0.492 e. The highest BCUT2D eigenvalue weighted by Crippen LogP contribution is 2.23. The van der Waals surface area contributed by atoms with E-state index in [1.807, 2.05) is 26.0 Å². The summed E-state index contributed by atoms with van der Waals surface area (Å²) in [7, 11) is 0. The SMILES string of the molecule is CCCOc1cncc(-c2cc(NCC)nc(C)n2)c1. The number of anilines is 1. The summed E-state index contributed by atoms with van der Waals surface area (Å²) in [6.07, 6.45) is 4.48. The molecule has 5 heteroatoms. The average molecular weight is 272 g/mol. The van der Waals surface area contributed by atoms with Gasteiger partial charge >= 0.3 is 0 Å². The predicted octanol–water partition coefficient (Wildman–Crippen LogP) is 3.07. The fourth-order valence-corrected chi connectivity index (χ4v) is 1.85. The molecule has 2 rings (SSSR count). The van der Waals surface area contributed by atoms with Crippen LogP contribution in [0.5, 0.6) is 5.75 Å². The second-order valence-electron chi connectivity index (χ2n) is 4.47. The Balaban J connectivity index is 2.30. The summed E-state index contributed by atoms with van der Waals surface area (Å²) in [6.45, 7) is 7.52. The fourth-order valence-electron chi connectivity index (χ4n) is 1.85. The van der Waals surface area contributed by atoms with Crippen LogP contribution in [-0.4, -0.2) is 28.1 Å². The van der Waals surface area contributed by atoms with Gasteiger partial charge in [-0.2, -0.15) is 0 Å². The van der Waals surface area contributed by atoms with Gasteiger partial charge in [0.1, 0.15) is 17.4 Å². The maximum atomic E-state index is 5.60. The molecule has 0 fully saturated rings. The Kier molecular flexibility index (Phi) is 4.87. The van der Waals surface area contributed by atoms with Crippen molar-refractivity contribution in [2.75, 3.05) is 18.5 Å². The van der Waals surface area contributed by atoms with E-state index in [2.05, 4.69) is 27.2 Å². The zero-order valence-electron chi connectivity index (χ0n) is 12.2. The molecule has 5 nitrogen and oxygen atoms in total. The van der Waals surface area contributed by atoms with Gasteiger partial charge in [-0.3, -0.25) is 4.98 Å². The summed E-state index contributed by atoms with van der Waals surface area (Å²) in [5.74, 6) is 2.33. The molecule has 0 radical (unpaired) electrons. The van der Waals surface area contributed by atoms with E-state index < -0.39 is 0 Å². The van der Waals surface area contributed by atoms with Gasteiger partial charge in [0.05, 0.1) is 18.5 Å². The quantitative estimate of drug-likeness (QED) is 0.875. The molecule has 0 bridgehead atoms. The van der Waals surface area contributed by atoms with Crippen LogP contribution in [0.1, 0.15) is 26.1 Å². The van der Waals surface area contributed by atoms with E-state index in [0.717, 1.165) is 41.6 Å². The van der Waals surface area contributed by atoms with Crippen LogP contribution in [0.3, 0.4) is 0 Å². The van der Waals surface area contributed by atoms with Gasteiger partial charge in [-0.25, -0.2) is 9.97 Å². The molecule has 0 aliphatic rings. The van der Waals surface area contributed by atoms with E-state index >= 15 is 0 Å². The third kappa shape index (κ3) is 3.66. The first-order valence-electron chi connectivity index (χ1n) is 6.90. The van der Waals surface area contributed by atoms with Crippen molar-refractivity contribution in [3.05, 3.63) is 30.4 Å². The standard InChI is InChI=1S/C15H20N4O/c1-4-6-20-13-7-12(9-16-10-13)14-8-15(17-5-2)19-11(3)18-14/h7-10H,4-6H2,1-3H3,(H,17,18,19). The summed E-state index contributed by atoms with van der Waals surface area (Å²) in [5, 5.41) is 3.20. The number of hydrogen-bond donors (Lipinski definition) is 1. The van der Waals surface area contributed by atoms with Crippen molar-refractivity contribution in [3.8, 4) is 17.0 Å². The first kappa shape index (κ1) is 14.2. The molecular formula is C15H20N4O. The predicted molar refractivity (Wildman–Crippen MR) is 79.9 cm³/mol. The van der Waals surface area contributed by atoms with Crippen molar-refractivity contribution in [1.29, 1.82) is 0 Å². The lowest BCUT2D eigenvalue weighted by Gasteiger charge is -2.08. The molecule has 2 aromatic rings. The number of aryl methyl sites for hydroxylation is 1. The average Bonchev–Trinajstić information content (AvgIpc) is 2.45.